The highest BCUT2D eigenvalue weighted by molar-refractivity contribution is 6.00. The Kier molecular flexibility index (Phi) is 6.33. The third kappa shape index (κ3) is 4.81. The number of nitriles is 1. The summed E-state index contributed by atoms with van der Waals surface area (Å²) in [6.07, 6.45) is 5.22. The summed E-state index contributed by atoms with van der Waals surface area (Å²) in [7, 11) is 0. The molecule has 0 spiro atoms. The van der Waals surface area contributed by atoms with Crippen molar-refractivity contribution >= 4 is 22.8 Å². The van der Waals surface area contributed by atoms with Crippen molar-refractivity contribution in [2.45, 2.75) is 25.9 Å². The second-order valence-electron chi connectivity index (χ2n) is 8.42. The third-order valence-corrected chi connectivity index (χ3v) is 6.04. The molecule has 0 radical (unpaired) electrons. The molecule has 1 amide bonds. The number of hydrogen-bond acceptors (Lipinski definition) is 6. The molecule has 5 rings (SSSR count). The van der Waals surface area contributed by atoms with Gasteiger partial charge >= 0.3 is 0 Å². The van der Waals surface area contributed by atoms with Crippen LogP contribution >= 0.6 is 0 Å². The highest BCUT2D eigenvalue weighted by Gasteiger charge is 2.21. The van der Waals surface area contributed by atoms with E-state index < -0.39 is 0 Å². The predicted octanol–water partition coefficient (Wildman–Crippen LogP) is 4.96. The molecule has 1 unspecified atom stereocenters. The summed E-state index contributed by atoms with van der Waals surface area (Å²) in [5.41, 5.74) is 3.69. The first kappa shape index (κ1) is 22.4. The van der Waals surface area contributed by atoms with E-state index in [0.717, 1.165) is 36.4 Å². The quantitative estimate of drug-likeness (QED) is 0.398. The highest BCUT2D eigenvalue weighted by atomic mass is 16.5. The summed E-state index contributed by atoms with van der Waals surface area (Å²) in [5.74, 6) is 1.27. The van der Waals surface area contributed by atoms with Gasteiger partial charge in [-0.2, -0.15) is 10.4 Å². The van der Waals surface area contributed by atoms with Crippen molar-refractivity contribution in [2.24, 2.45) is 0 Å². The number of nitrogens with one attached hydrogen (secondary N) is 2. The lowest BCUT2D eigenvalue weighted by Crippen LogP contribution is -2.31. The van der Waals surface area contributed by atoms with Gasteiger partial charge in [0, 0.05) is 25.0 Å². The van der Waals surface area contributed by atoms with Crippen LogP contribution in [0.4, 0.5) is 11.4 Å². The Hall–Kier alpha value is -4.35. The summed E-state index contributed by atoms with van der Waals surface area (Å²) in [6, 6.07) is 19.2. The van der Waals surface area contributed by atoms with Crippen LogP contribution in [0, 0.1) is 18.3 Å². The lowest BCUT2D eigenvalue weighted by Gasteiger charge is -2.12. The maximum absolute atomic E-state index is 12.9. The second-order valence-corrected chi connectivity index (χ2v) is 8.42. The van der Waals surface area contributed by atoms with Gasteiger partial charge in [0.25, 0.3) is 5.91 Å². The fraction of sp³-hybridized carbons (Fsp3) is 0.222. The van der Waals surface area contributed by atoms with Crippen LogP contribution in [-0.4, -0.2) is 34.8 Å². The number of aromatic nitrogens is 2. The Labute approximate surface area is 203 Å². The SMILES string of the molecule is Cc1c(C(=O)NCC2CCCO2)cn2ncc(C#N)c(Nc3ccc(Oc4ccccc4)cc3)c12. The first-order chi connectivity index (χ1) is 17.1. The van der Waals surface area contributed by atoms with Gasteiger partial charge in [-0.15, -0.1) is 0 Å². The van der Waals surface area contributed by atoms with E-state index in [2.05, 4.69) is 21.8 Å². The molecule has 1 saturated heterocycles. The lowest BCUT2D eigenvalue weighted by molar-refractivity contribution is 0.0857. The number of para-hydroxylation sites is 1. The van der Waals surface area contributed by atoms with E-state index in [0.29, 0.717) is 34.6 Å². The summed E-state index contributed by atoms with van der Waals surface area (Å²) >= 11 is 0. The van der Waals surface area contributed by atoms with E-state index in [-0.39, 0.29) is 12.0 Å². The first-order valence-electron chi connectivity index (χ1n) is 11.5. The van der Waals surface area contributed by atoms with Gasteiger partial charge in [0.15, 0.2) is 0 Å². The normalized spacial score (nSPS) is 15.0. The standard InChI is InChI=1S/C27H25N5O3/c1-18-24(27(33)29-16-23-8-5-13-34-23)17-32-26(18)25(19(14-28)15-30-32)31-20-9-11-22(12-10-20)35-21-6-3-2-4-7-21/h2-4,6-7,9-12,15,17,23,31H,5,8,13,16H2,1H3,(H,29,33). The number of anilines is 2. The summed E-state index contributed by atoms with van der Waals surface area (Å²) in [5, 5.41) is 20.4. The summed E-state index contributed by atoms with van der Waals surface area (Å²) in [4.78, 5) is 12.9. The fourth-order valence-electron chi connectivity index (χ4n) is 4.21. The average molecular weight is 468 g/mol. The van der Waals surface area contributed by atoms with Crippen LogP contribution < -0.4 is 15.4 Å². The van der Waals surface area contributed by atoms with E-state index >= 15 is 0 Å². The smallest absolute Gasteiger partial charge is 0.253 e. The molecule has 4 aromatic rings. The fourth-order valence-corrected chi connectivity index (χ4v) is 4.21. The number of amides is 1. The van der Waals surface area contributed by atoms with Gasteiger partial charge in [-0.25, -0.2) is 4.52 Å². The second kappa shape index (κ2) is 9.87. The largest absolute Gasteiger partial charge is 0.457 e. The van der Waals surface area contributed by atoms with Crippen molar-refractivity contribution in [2.75, 3.05) is 18.5 Å². The number of carbonyl (C=O) groups excluding carboxylic acids is 1. The first-order valence-corrected chi connectivity index (χ1v) is 11.5. The minimum atomic E-state index is -0.185. The molecule has 2 N–H and O–H groups in total. The molecule has 3 heterocycles. The van der Waals surface area contributed by atoms with Crippen molar-refractivity contribution in [3.8, 4) is 17.6 Å². The Morgan fingerprint density at radius 2 is 1.97 bits per heavy atom. The monoisotopic (exact) mass is 467 g/mol. The zero-order chi connectivity index (χ0) is 24.2. The molecule has 2 aromatic heterocycles. The number of aryl methyl sites for hydroxylation is 1. The molecule has 0 aliphatic carbocycles. The van der Waals surface area contributed by atoms with Gasteiger partial charge in [-0.1, -0.05) is 18.2 Å². The van der Waals surface area contributed by atoms with E-state index in [1.807, 2.05) is 61.5 Å². The molecule has 176 valence electrons. The molecule has 8 nitrogen and oxygen atoms in total. The number of rotatable bonds is 7. The minimum Gasteiger partial charge on any atom is -0.457 e. The maximum Gasteiger partial charge on any atom is 0.253 e. The summed E-state index contributed by atoms with van der Waals surface area (Å²) in [6.45, 7) is 3.08. The molecule has 1 atom stereocenters. The topological polar surface area (TPSA) is 101 Å². The number of fused-ring (bicyclic) bond motifs is 1. The predicted molar refractivity (Wildman–Crippen MR) is 132 cm³/mol. The average Bonchev–Trinajstić information content (AvgIpc) is 3.53. The number of ether oxygens (including phenoxy) is 2. The molecule has 35 heavy (non-hydrogen) atoms. The van der Waals surface area contributed by atoms with Crippen molar-refractivity contribution < 1.29 is 14.3 Å². The molecule has 2 aromatic carbocycles. The van der Waals surface area contributed by atoms with E-state index in [4.69, 9.17) is 9.47 Å². The van der Waals surface area contributed by atoms with Gasteiger partial charge in [0.1, 0.15) is 17.6 Å². The highest BCUT2D eigenvalue weighted by Crippen LogP contribution is 2.31. The van der Waals surface area contributed by atoms with Crippen LogP contribution in [0.15, 0.2) is 67.0 Å². The molecule has 1 aliphatic heterocycles. The Bertz CT molecular complexity index is 1380. The minimum absolute atomic E-state index is 0.0608. The Morgan fingerprint density at radius 3 is 2.69 bits per heavy atom. The van der Waals surface area contributed by atoms with Gasteiger partial charge in [0.2, 0.25) is 0 Å². The molecule has 8 heteroatoms. The van der Waals surface area contributed by atoms with E-state index in [1.54, 1.807) is 10.7 Å². The van der Waals surface area contributed by atoms with Crippen LogP contribution in [0.3, 0.4) is 0 Å². The van der Waals surface area contributed by atoms with Crippen LogP contribution in [0.5, 0.6) is 11.5 Å². The molecule has 0 saturated carbocycles. The Balaban J connectivity index is 1.39. The molecular weight excluding hydrogens is 442 g/mol. The van der Waals surface area contributed by atoms with Gasteiger partial charge in [0.05, 0.1) is 34.6 Å². The number of benzene rings is 2. The van der Waals surface area contributed by atoms with E-state index in [1.165, 1.54) is 6.20 Å². The van der Waals surface area contributed by atoms with Crippen LogP contribution in [-0.2, 0) is 4.74 Å². The van der Waals surface area contributed by atoms with E-state index in [9.17, 15) is 10.1 Å². The summed E-state index contributed by atoms with van der Waals surface area (Å²) < 4.78 is 13.1. The van der Waals surface area contributed by atoms with Gasteiger partial charge in [-0.3, -0.25) is 4.79 Å². The van der Waals surface area contributed by atoms with Crippen LogP contribution in [0.1, 0.15) is 34.3 Å². The molecular formula is C27H25N5O3. The van der Waals surface area contributed by atoms with Crippen LogP contribution in [0.25, 0.3) is 5.52 Å². The van der Waals surface area contributed by atoms with Crippen molar-refractivity contribution in [1.82, 2.24) is 14.9 Å². The number of carbonyl (C=O) groups is 1. The van der Waals surface area contributed by atoms with Crippen molar-refractivity contribution in [3.05, 3.63) is 83.7 Å². The number of nitrogens with zero attached hydrogens (tertiary/aromatic N) is 3. The van der Waals surface area contributed by atoms with Crippen molar-refractivity contribution in [3.63, 3.8) is 0 Å². The van der Waals surface area contributed by atoms with Crippen LogP contribution in [0.2, 0.25) is 0 Å². The number of hydrogen-bond donors (Lipinski definition) is 2. The molecule has 1 fully saturated rings. The third-order valence-electron chi connectivity index (χ3n) is 6.04. The van der Waals surface area contributed by atoms with Gasteiger partial charge < -0.3 is 20.1 Å². The zero-order valence-electron chi connectivity index (χ0n) is 19.3. The molecule has 0 bridgehead atoms. The lowest BCUT2D eigenvalue weighted by atomic mass is 10.1. The Morgan fingerprint density at radius 1 is 1.20 bits per heavy atom. The molecule has 1 aliphatic rings. The van der Waals surface area contributed by atoms with Gasteiger partial charge in [-0.05, 0) is 61.7 Å². The zero-order valence-corrected chi connectivity index (χ0v) is 19.3. The maximum atomic E-state index is 12.9. The van der Waals surface area contributed by atoms with Crippen molar-refractivity contribution in [1.29, 1.82) is 5.26 Å².